The number of nitrogen functional groups attached to an aromatic ring is 1. The predicted octanol–water partition coefficient (Wildman–Crippen LogP) is 5.21. The number of benzene rings is 3. The minimum atomic E-state index is -0.254. The van der Waals surface area contributed by atoms with E-state index in [1.165, 1.54) is 0 Å². The number of rotatable bonds is 10. The van der Waals surface area contributed by atoms with Gasteiger partial charge in [-0.3, -0.25) is 4.79 Å². The van der Waals surface area contributed by atoms with Crippen LogP contribution in [-0.2, 0) is 13.0 Å². The van der Waals surface area contributed by atoms with Gasteiger partial charge in [-0.15, -0.1) is 0 Å². The van der Waals surface area contributed by atoms with Crippen molar-refractivity contribution in [1.82, 2.24) is 9.80 Å². The van der Waals surface area contributed by atoms with Crippen molar-refractivity contribution in [3.05, 3.63) is 89.5 Å². The molecule has 0 saturated carbocycles. The summed E-state index contributed by atoms with van der Waals surface area (Å²) >= 11 is 0. The maximum absolute atomic E-state index is 13.4. The Morgan fingerprint density at radius 1 is 0.895 bits per heavy atom. The van der Waals surface area contributed by atoms with E-state index >= 15 is 0 Å². The molecular weight excluding hydrogens is 476 g/mol. The van der Waals surface area contributed by atoms with Crippen molar-refractivity contribution in [2.24, 2.45) is 5.41 Å². The monoisotopic (exact) mass is 512 g/mol. The highest BCUT2D eigenvalue weighted by Crippen LogP contribution is 2.22. The zero-order chi connectivity index (χ0) is 27.7. The number of nitriles is 1. The Bertz CT molecular complexity index is 1280. The van der Waals surface area contributed by atoms with Gasteiger partial charge in [-0.1, -0.05) is 50.2 Å². The first-order valence-corrected chi connectivity index (χ1v) is 12.5. The van der Waals surface area contributed by atoms with E-state index in [0.29, 0.717) is 42.1 Å². The van der Waals surface area contributed by atoms with Crippen molar-refractivity contribution in [2.75, 3.05) is 43.6 Å². The van der Waals surface area contributed by atoms with Crippen LogP contribution in [-0.4, -0.2) is 48.9 Å². The van der Waals surface area contributed by atoms with Gasteiger partial charge in [0.05, 0.1) is 23.9 Å². The van der Waals surface area contributed by atoms with Gasteiger partial charge >= 0.3 is 6.03 Å². The number of anilines is 3. The minimum absolute atomic E-state index is 0.160. The first-order valence-electron chi connectivity index (χ1n) is 12.5. The molecule has 0 aliphatic carbocycles. The van der Waals surface area contributed by atoms with E-state index in [2.05, 4.69) is 35.5 Å². The number of hydrogen-bond acceptors (Lipinski definition) is 5. The Morgan fingerprint density at radius 2 is 1.53 bits per heavy atom. The summed E-state index contributed by atoms with van der Waals surface area (Å²) in [6, 6.07) is 23.5. The molecule has 0 heterocycles. The quantitative estimate of drug-likeness (QED) is 0.323. The van der Waals surface area contributed by atoms with Crippen molar-refractivity contribution in [3.8, 4) is 6.07 Å². The summed E-state index contributed by atoms with van der Waals surface area (Å²) < 4.78 is 0. The van der Waals surface area contributed by atoms with Gasteiger partial charge in [0.1, 0.15) is 0 Å². The standard InChI is InChI=1S/C30H36N6O2/c1-30(2,20-35(3)4)21-36(29(38)33-25-15-11-22(12-16-25)17-18-31)19-23-9-13-24(14-10-23)28(37)34-27-8-6-5-7-26(27)32/h5-16H,17,19-21,32H2,1-4H3,(H,33,38)(H,34,37). The fraction of sp³-hybridized carbons (Fsp3) is 0.300. The lowest BCUT2D eigenvalue weighted by molar-refractivity contribution is 0.102. The second-order valence-electron chi connectivity index (χ2n) is 10.5. The van der Waals surface area contributed by atoms with Gasteiger partial charge < -0.3 is 26.2 Å². The molecule has 38 heavy (non-hydrogen) atoms. The van der Waals surface area contributed by atoms with Crippen LogP contribution in [0.15, 0.2) is 72.8 Å². The van der Waals surface area contributed by atoms with E-state index in [-0.39, 0.29) is 17.4 Å². The number of hydrogen-bond donors (Lipinski definition) is 3. The Balaban J connectivity index is 1.74. The smallest absolute Gasteiger partial charge is 0.322 e. The number of nitrogens with two attached hydrogens (primary N) is 1. The van der Waals surface area contributed by atoms with Gasteiger partial charge in [0.2, 0.25) is 0 Å². The van der Waals surface area contributed by atoms with Crippen LogP contribution >= 0.6 is 0 Å². The Morgan fingerprint density at radius 3 is 2.13 bits per heavy atom. The molecule has 0 aliphatic heterocycles. The molecular formula is C30H36N6O2. The Hall–Kier alpha value is -4.35. The van der Waals surface area contributed by atoms with Gasteiger partial charge in [0, 0.05) is 30.9 Å². The molecule has 198 valence electrons. The summed E-state index contributed by atoms with van der Waals surface area (Å²) in [7, 11) is 4.03. The zero-order valence-corrected chi connectivity index (χ0v) is 22.5. The average Bonchev–Trinajstić information content (AvgIpc) is 2.86. The average molecular weight is 513 g/mol. The number of nitrogens with zero attached hydrogens (tertiary/aromatic N) is 3. The number of para-hydroxylation sites is 2. The van der Waals surface area contributed by atoms with E-state index in [4.69, 9.17) is 11.0 Å². The molecule has 0 radical (unpaired) electrons. The summed E-state index contributed by atoms with van der Waals surface area (Å²) in [4.78, 5) is 30.0. The van der Waals surface area contributed by atoms with Gasteiger partial charge in [-0.2, -0.15) is 5.26 Å². The molecule has 0 bridgehead atoms. The lowest BCUT2D eigenvalue weighted by Crippen LogP contribution is -2.44. The van der Waals surface area contributed by atoms with Crippen LogP contribution < -0.4 is 16.4 Å². The molecule has 3 aromatic carbocycles. The highest BCUT2D eigenvalue weighted by Gasteiger charge is 2.26. The van der Waals surface area contributed by atoms with Crippen LogP contribution in [0, 0.1) is 16.7 Å². The van der Waals surface area contributed by atoms with Crippen molar-refractivity contribution >= 4 is 29.0 Å². The molecule has 0 fully saturated rings. The topological polar surface area (TPSA) is 114 Å². The van der Waals surface area contributed by atoms with Gasteiger partial charge in [-0.05, 0) is 67.0 Å². The molecule has 3 amide bonds. The molecule has 0 saturated heterocycles. The van der Waals surface area contributed by atoms with E-state index in [0.717, 1.165) is 17.7 Å². The largest absolute Gasteiger partial charge is 0.397 e. The highest BCUT2D eigenvalue weighted by molar-refractivity contribution is 6.05. The molecule has 0 atom stereocenters. The Labute approximate surface area is 225 Å². The fourth-order valence-electron chi connectivity index (χ4n) is 4.41. The molecule has 3 aromatic rings. The molecule has 8 heteroatoms. The van der Waals surface area contributed by atoms with Crippen molar-refractivity contribution in [3.63, 3.8) is 0 Å². The molecule has 0 spiro atoms. The lowest BCUT2D eigenvalue weighted by Gasteiger charge is -2.34. The minimum Gasteiger partial charge on any atom is -0.397 e. The molecule has 0 aromatic heterocycles. The van der Waals surface area contributed by atoms with Gasteiger partial charge in [-0.25, -0.2) is 4.79 Å². The van der Waals surface area contributed by atoms with Crippen LogP contribution in [0.2, 0.25) is 0 Å². The number of nitrogens with one attached hydrogen (secondary N) is 2. The van der Waals surface area contributed by atoms with Crippen LogP contribution in [0.4, 0.5) is 21.9 Å². The maximum atomic E-state index is 13.4. The number of urea groups is 1. The highest BCUT2D eigenvalue weighted by atomic mass is 16.2. The predicted molar refractivity (Wildman–Crippen MR) is 153 cm³/mol. The number of amides is 3. The van der Waals surface area contributed by atoms with E-state index in [1.807, 2.05) is 50.5 Å². The summed E-state index contributed by atoms with van der Waals surface area (Å²) in [5.74, 6) is -0.254. The maximum Gasteiger partial charge on any atom is 0.322 e. The second kappa shape index (κ2) is 12.7. The van der Waals surface area contributed by atoms with Gasteiger partial charge in [0.15, 0.2) is 0 Å². The van der Waals surface area contributed by atoms with Crippen LogP contribution in [0.25, 0.3) is 0 Å². The lowest BCUT2D eigenvalue weighted by atomic mass is 9.92. The van der Waals surface area contributed by atoms with Crippen molar-refractivity contribution in [2.45, 2.75) is 26.8 Å². The Kier molecular flexibility index (Phi) is 9.47. The third kappa shape index (κ3) is 8.36. The van der Waals surface area contributed by atoms with Crippen molar-refractivity contribution < 1.29 is 9.59 Å². The SMILES string of the molecule is CN(C)CC(C)(C)CN(Cc1ccc(C(=O)Nc2ccccc2N)cc1)C(=O)Nc1ccc(CC#N)cc1. The van der Waals surface area contributed by atoms with Gasteiger partial charge in [0.25, 0.3) is 5.91 Å². The molecule has 0 aliphatic rings. The molecule has 0 unspecified atom stereocenters. The first kappa shape index (κ1) is 28.2. The number of carbonyl (C=O) groups excluding carboxylic acids is 2. The normalized spacial score (nSPS) is 11.1. The van der Waals surface area contributed by atoms with E-state index in [9.17, 15) is 9.59 Å². The number of carbonyl (C=O) groups is 2. The zero-order valence-electron chi connectivity index (χ0n) is 22.5. The summed E-state index contributed by atoms with van der Waals surface area (Å²) in [5.41, 5.74) is 9.80. The van der Waals surface area contributed by atoms with Crippen LogP contribution in [0.1, 0.15) is 35.3 Å². The van der Waals surface area contributed by atoms with Crippen LogP contribution in [0.3, 0.4) is 0 Å². The third-order valence-electron chi connectivity index (χ3n) is 5.94. The van der Waals surface area contributed by atoms with E-state index in [1.54, 1.807) is 41.3 Å². The molecule has 3 rings (SSSR count). The molecule has 4 N–H and O–H groups in total. The third-order valence-corrected chi connectivity index (χ3v) is 5.94. The van der Waals surface area contributed by atoms with E-state index < -0.39 is 0 Å². The molecule has 8 nitrogen and oxygen atoms in total. The van der Waals surface area contributed by atoms with Crippen LogP contribution in [0.5, 0.6) is 0 Å². The summed E-state index contributed by atoms with van der Waals surface area (Å²) in [6.45, 7) is 5.97. The fourth-order valence-corrected chi connectivity index (χ4v) is 4.41. The first-order chi connectivity index (χ1) is 18.1. The second-order valence-corrected chi connectivity index (χ2v) is 10.5. The summed E-state index contributed by atoms with van der Waals surface area (Å²) in [6.07, 6.45) is 0.325. The van der Waals surface area contributed by atoms with Crippen molar-refractivity contribution in [1.29, 1.82) is 5.26 Å². The summed E-state index contributed by atoms with van der Waals surface area (Å²) in [5, 5.41) is 14.7.